The molecule has 0 radical (unpaired) electrons. The Balaban J connectivity index is 2.66. The maximum absolute atomic E-state index is 10.2. The van der Waals surface area contributed by atoms with E-state index in [-0.39, 0.29) is 5.92 Å². The van der Waals surface area contributed by atoms with E-state index in [9.17, 15) is 5.11 Å². The minimum atomic E-state index is -0.424. The largest absolute Gasteiger partial charge is 0.388 e. The number of aliphatic hydroxyl groups excluding tert-OH is 1. The highest BCUT2D eigenvalue weighted by molar-refractivity contribution is 5.89. The highest BCUT2D eigenvalue weighted by atomic mass is 16.3. The summed E-state index contributed by atoms with van der Waals surface area (Å²) in [6.07, 6.45) is -0.424. The minimum Gasteiger partial charge on any atom is -0.388 e. The van der Waals surface area contributed by atoms with Crippen molar-refractivity contribution in [3.05, 3.63) is 47.5 Å². The molecule has 0 spiro atoms. The summed E-state index contributed by atoms with van der Waals surface area (Å²) in [7, 11) is 0. The molecule has 0 aliphatic carbocycles. The quantitative estimate of drug-likeness (QED) is 0.850. The number of benzene rings is 2. The van der Waals surface area contributed by atoms with Crippen LogP contribution in [0.5, 0.6) is 0 Å². The van der Waals surface area contributed by atoms with Crippen LogP contribution in [0.25, 0.3) is 10.8 Å². The number of aliphatic hydroxyl groups is 1. The van der Waals surface area contributed by atoms with Gasteiger partial charge in [-0.1, -0.05) is 50.2 Å². The van der Waals surface area contributed by atoms with Gasteiger partial charge in [-0.3, -0.25) is 0 Å². The van der Waals surface area contributed by atoms with Gasteiger partial charge in [-0.25, -0.2) is 0 Å². The summed E-state index contributed by atoms with van der Waals surface area (Å²) in [5, 5.41) is 12.5. The molecular formula is C15H19NO. The minimum absolute atomic E-state index is 0.210. The van der Waals surface area contributed by atoms with E-state index < -0.39 is 6.10 Å². The third-order valence-corrected chi connectivity index (χ3v) is 3.22. The average Bonchev–Trinajstić information content (AvgIpc) is 2.36. The van der Waals surface area contributed by atoms with Crippen LogP contribution in [0.15, 0.2) is 36.4 Å². The van der Waals surface area contributed by atoms with E-state index in [2.05, 4.69) is 12.1 Å². The molecule has 2 nitrogen and oxygen atoms in total. The van der Waals surface area contributed by atoms with Crippen LogP contribution in [0.2, 0.25) is 0 Å². The SMILES string of the molecule is CC(C)C(O)c1ccc(CN)c2ccccc12. The molecule has 90 valence electrons. The monoisotopic (exact) mass is 229 g/mol. The summed E-state index contributed by atoms with van der Waals surface area (Å²) >= 11 is 0. The Morgan fingerprint density at radius 3 is 2.29 bits per heavy atom. The van der Waals surface area contributed by atoms with Crippen molar-refractivity contribution >= 4 is 10.8 Å². The summed E-state index contributed by atoms with van der Waals surface area (Å²) in [5.41, 5.74) is 7.86. The van der Waals surface area contributed by atoms with Crippen molar-refractivity contribution in [1.29, 1.82) is 0 Å². The maximum Gasteiger partial charge on any atom is 0.0818 e. The summed E-state index contributed by atoms with van der Waals surface area (Å²) in [6.45, 7) is 4.57. The van der Waals surface area contributed by atoms with Crippen LogP contribution in [0.3, 0.4) is 0 Å². The molecule has 0 fully saturated rings. The number of nitrogens with two attached hydrogens (primary N) is 1. The molecule has 0 bridgehead atoms. The Labute approximate surface area is 102 Å². The fourth-order valence-electron chi connectivity index (χ4n) is 2.18. The fourth-order valence-corrected chi connectivity index (χ4v) is 2.18. The first-order chi connectivity index (χ1) is 8.15. The summed E-state index contributed by atoms with van der Waals surface area (Å²) in [4.78, 5) is 0. The molecule has 2 aromatic carbocycles. The first-order valence-corrected chi connectivity index (χ1v) is 6.03. The predicted octanol–water partition coefficient (Wildman–Crippen LogP) is 2.99. The van der Waals surface area contributed by atoms with Gasteiger partial charge in [0.05, 0.1) is 6.10 Å². The van der Waals surface area contributed by atoms with Crippen LogP contribution in [-0.2, 0) is 6.54 Å². The molecule has 17 heavy (non-hydrogen) atoms. The van der Waals surface area contributed by atoms with Gasteiger partial charge in [0.25, 0.3) is 0 Å². The molecule has 2 heteroatoms. The molecule has 0 saturated carbocycles. The molecule has 2 rings (SSSR count). The van der Waals surface area contributed by atoms with Crippen molar-refractivity contribution < 1.29 is 5.11 Å². The standard InChI is InChI=1S/C15H19NO/c1-10(2)15(17)14-8-7-11(9-16)12-5-3-4-6-13(12)14/h3-8,10,15,17H,9,16H2,1-2H3. The van der Waals surface area contributed by atoms with E-state index in [1.54, 1.807) is 0 Å². The lowest BCUT2D eigenvalue weighted by atomic mass is 9.92. The lowest BCUT2D eigenvalue weighted by Gasteiger charge is -2.18. The zero-order valence-electron chi connectivity index (χ0n) is 10.4. The third-order valence-electron chi connectivity index (χ3n) is 3.22. The predicted molar refractivity (Wildman–Crippen MR) is 71.6 cm³/mol. The second kappa shape index (κ2) is 4.86. The Hall–Kier alpha value is -1.38. The summed E-state index contributed by atoms with van der Waals surface area (Å²) in [6, 6.07) is 12.1. The van der Waals surface area contributed by atoms with Gasteiger partial charge in [-0.2, -0.15) is 0 Å². The third kappa shape index (κ3) is 2.19. The van der Waals surface area contributed by atoms with Crippen LogP contribution in [0.4, 0.5) is 0 Å². The van der Waals surface area contributed by atoms with E-state index in [0.29, 0.717) is 6.54 Å². The van der Waals surface area contributed by atoms with Gasteiger partial charge in [0, 0.05) is 6.54 Å². The van der Waals surface area contributed by atoms with Crippen molar-refractivity contribution in [2.24, 2.45) is 11.7 Å². The van der Waals surface area contributed by atoms with Crippen molar-refractivity contribution in [1.82, 2.24) is 0 Å². The second-order valence-electron chi connectivity index (χ2n) is 4.75. The Morgan fingerprint density at radius 1 is 1.06 bits per heavy atom. The topological polar surface area (TPSA) is 46.2 Å². The van der Waals surface area contributed by atoms with Crippen molar-refractivity contribution in [2.45, 2.75) is 26.5 Å². The van der Waals surface area contributed by atoms with Gasteiger partial charge in [0.15, 0.2) is 0 Å². The second-order valence-corrected chi connectivity index (χ2v) is 4.75. The molecular weight excluding hydrogens is 210 g/mol. The van der Waals surface area contributed by atoms with Crippen LogP contribution < -0.4 is 5.73 Å². The molecule has 0 heterocycles. The van der Waals surface area contributed by atoms with E-state index in [0.717, 1.165) is 21.9 Å². The number of hydrogen-bond donors (Lipinski definition) is 2. The number of hydrogen-bond acceptors (Lipinski definition) is 2. The molecule has 0 aliphatic rings. The van der Waals surface area contributed by atoms with Gasteiger partial charge < -0.3 is 10.8 Å². The van der Waals surface area contributed by atoms with Crippen LogP contribution in [-0.4, -0.2) is 5.11 Å². The molecule has 3 N–H and O–H groups in total. The van der Waals surface area contributed by atoms with Crippen LogP contribution in [0, 0.1) is 5.92 Å². The molecule has 2 aromatic rings. The lowest BCUT2D eigenvalue weighted by Crippen LogP contribution is -2.07. The van der Waals surface area contributed by atoms with E-state index in [1.165, 1.54) is 0 Å². The molecule has 0 saturated heterocycles. The van der Waals surface area contributed by atoms with Gasteiger partial charge in [-0.15, -0.1) is 0 Å². The van der Waals surface area contributed by atoms with Crippen LogP contribution >= 0.6 is 0 Å². The zero-order chi connectivity index (χ0) is 12.4. The lowest BCUT2D eigenvalue weighted by molar-refractivity contribution is 0.128. The van der Waals surface area contributed by atoms with Gasteiger partial charge >= 0.3 is 0 Å². The van der Waals surface area contributed by atoms with E-state index in [4.69, 9.17) is 5.73 Å². The van der Waals surface area contributed by atoms with E-state index in [1.807, 2.05) is 38.1 Å². The highest BCUT2D eigenvalue weighted by Gasteiger charge is 2.15. The van der Waals surface area contributed by atoms with Gasteiger partial charge in [-0.05, 0) is 27.8 Å². The molecule has 1 atom stereocenters. The first-order valence-electron chi connectivity index (χ1n) is 6.03. The average molecular weight is 229 g/mol. The highest BCUT2D eigenvalue weighted by Crippen LogP contribution is 2.30. The van der Waals surface area contributed by atoms with Gasteiger partial charge in [0.1, 0.15) is 0 Å². The summed E-state index contributed by atoms with van der Waals surface area (Å²) < 4.78 is 0. The number of fused-ring (bicyclic) bond motifs is 1. The zero-order valence-corrected chi connectivity index (χ0v) is 10.4. The smallest absolute Gasteiger partial charge is 0.0818 e. The van der Waals surface area contributed by atoms with Gasteiger partial charge in [0.2, 0.25) is 0 Å². The van der Waals surface area contributed by atoms with Crippen molar-refractivity contribution in [3.8, 4) is 0 Å². The Morgan fingerprint density at radius 2 is 1.71 bits per heavy atom. The van der Waals surface area contributed by atoms with Crippen LogP contribution in [0.1, 0.15) is 31.1 Å². The van der Waals surface area contributed by atoms with Crippen molar-refractivity contribution in [3.63, 3.8) is 0 Å². The van der Waals surface area contributed by atoms with E-state index >= 15 is 0 Å². The Bertz CT molecular complexity index is 519. The molecule has 0 amide bonds. The summed E-state index contributed by atoms with van der Waals surface area (Å²) in [5.74, 6) is 0.210. The first kappa shape index (κ1) is 12.1. The molecule has 0 aromatic heterocycles. The normalized spacial score (nSPS) is 13.2. The fraction of sp³-hybridized carbons (Fsp3) is 0.333. The maximum atomic E-state index is 10.2. The number of rotatable bonds is 3. The molecule has 0 aliphatic heterocycles. The van der Waals surface area contributed by atoms with Crippen molar-refractivity contribution in [2.75, 3.05) is 0 Å². The Kier molecular flexibility index (Phi) is 3.46. The molecule has 1 unspecified atom stereocenters.